The number of benzene rings is 2. The van der Waals surface area contributed by atoms with E-state index in [0.29, 0.717) is 27.4 Å². The first kappa shape index (κ1) is 22.5. The molecule has 5 aromatic rings. The molecule has 0 radical (unpaired) electrons. The van der Waals surface area contributed by atoms with E-state index in [0.717, 1.165) is 27.0 Å². The number of fused-ring (bicyclic) bond motifs is 3. The van der Waals surface area contributed by atoms with Crippen LogP contribution in [0.25, 0.3) is 31.6 Å². The number of amides is 1. The number of nitrogens with one attached hydrogen (secondary N) is 1. The zero-order valence-corrected chi connectivity index (χ0v) is 20.2. The van der Waals surface area contributed by atoms with Crippen LogP contribution in [0.15, 0.2) is 65.7 Å². The van der Waals surface area contributed by atoms with Crippen LogP contribution in [0, 0.1) is 6.92 Å². The third-order valence-corrected chi connectivity index (χ3v) is 6.67. The van der Waals surface area contributed by atoms with Crippen molar-refractivity contribution in [3.8, 4) is 22.6 Å². The number of pyridine rings is 1. The maximum atomic E-state index is 13.3. The van der Waals surface area contributed by atoms with Gasteiger partial charge in [-0.25, -0.2) is 9.97 Å². The van der Waals surface area contributed by atoms with Crippen LogP contribution in [0.1, 0.15) is 5.69 Å². The average molecular weight is 487 g/mol. The van der Waals surface area contributed by atoms with Gasteiger partial charge in [0.1, 0.15) is 16.1 Å². The normalized spacial score (nSPS) is 11.1. The lowest BCUT2D eigenvalue weighted by molar-refractivity contribution is -0.116. The number of aromatic nitrogens is 3. The molecule has 0 atom stereocenters. The Labute approximate surface area is 204 Å². The van der Waals surface area contributed by atoms with Gasteiger partial charge in [0, 0.05) is 22.8 Å². The van der Waals surface area contributed by atoms with E-state index in [9.17, 15) is 9.59 Å². The number of anilines is 1. The average Bonchev–Trinajstić information content (AvgIpc) is 3.24. The van der Waals surface area contributed by atoms with Crippen molar-refractivity contribution in [3.05, 3.63) is 77.0 Å². The zero-order chi connectivity index (χ0) is 24.5. The topological polar surface area (TPSA) is 95.3 Å². The first-order chi connectivity index (χ1) is 17.0. The van der Waals surface area contributed by atoms with Gasteiger partial charge in [-0.05, 0) is 36.2 Å². The molecule has 0 aliphatic heterocycles. The molecule has 1 N–H and O–H groups in total. The van der Waals surface area contributed by atoms with Gasteiger partial charge in [-0.3, -0.25) is 14.2 Å². The summed E-state index contributed by atoms with van der Waals surface area (Å²) >= 11 is 1.30. The van der Waals surface area contributed by atoms with E-state index in [2.05, 4.69) is 15.3 Å². The van der Waals surface area contributed by atoms with Crippen LogP contribution in [0.3, 0.4) is 0 Å². The van der Waals surface area contributed by atoms with Crippen molar-refractivity contribution in [2.45, 2.75) is 13.5 Å². The number of nitrogens with zero attached hydrogens (tertiary/aromatic N) is 3. The van der Waals surface area contributed by atoms with E-state index in [4.69, 9.17) is 9.47 Å². The minimum atomic E-state index is -0.361. The van der Waals surface area contributed by atoms with Crippen molar-refractivity contribution in [1.29, 1.82) is 0 Å². The Morgan fingerprint density at radius 1 is 1.06 bits per heavy atom. The molecular formula is C26H22N4O4S. The smallest absolute Gasteiger partial charge is 0.271 e. The highest BCUT2D eigenvalue weighted by Crippen LogP contribution is 2.37. The molecule has 1 amide bonds. The molecule has 0 aliphatic carbocycles. The van der Waals surface area contributed by atoms with Crippen molar-refractivity contribution in [1.82, 2.24) is 14.5 Å². The first-order valence-electron chi connectivity index (χ1n) is 10.8. The number of carbonyl (C=O) groups excluding carboxylic acids is 1. The number of ether oxygens (including phenoxy) is 2. The molecule has 0 bridgehead atoms. The van der Waals surface area contributed by atoms with Crippen LogP contribution in [-0.4, -0.2) is 34.7 Å². The van der Waals surface area contributed by atoms with Crippen LogP contribution < -0.4 is 20.3 Å². The second-order valence-corrected chi connectivity index (χ2v) is 8.93. The maximum absolute atomic E-state index is 13.3. The number of methoxy groups -OCH3 is 2. The van der Waals surface area contributed by atoms with Gasteiger partial charge >= 0.3 is 0 Å². The minimum absolute atomic E-state index is 0.178. The van der Waals surface area contributed by atoms with Gasteiger partial charge in [-0.2, -0.15) is 0 Å². The summed E-state index contributed by atoms with van der Waals surface area (Å²) in [5, 5.41) is 3.63. The quantitative estimate of drug-likeness (QED) is 0.376. The van der Waals surface area contributed by atoms with Crippen LogP contribution >= 0.6 is 11.3 Å². The third kappa shape index (κ3) is 4.22. The fourth-order valence-corrected chi connectivity index (χ4v) is 5.16. The van der Waals surface area contributed by atoms with Gasteiger partial charge in [0.05, 0.1) is 26.1 Å². The summed E-state index contributed by atoms with van der Waals surface area (Å²) in [6, 6.07) is 17.0. The van der Waals surface area contributed by atoms with Crippen molar-refractivity contribution < 1.29 is 14.3 Å². The van der Waals surface area contributed by atoms with E-state index < -0.39 is 0 Å². The Hall–Kier alpha value is -4.24. The molecule has 3 aromatic heterocycles. The number of hydrogen-bond acceptors (Lipinski definition) is 7. The summed E-state index contributed by atoms with van der Waals surface area (Å²) in [5.74, 6) is 0.688. The number of thiophene rings is 1. The molecule has 176 valence electrons. The molecule has 2 aromatic carbocycles. The molecule has 3 heterocycles. The molecule has 5 rings (SSSR count). The molecule has 0 saturated heterocycles. The van der Waals surface area contributed by atoms with Crippen LogP contribution in [0.5, 0.6) is 11.5 Å². The molecule has 0 spiro atoms. The summed E-state index contributed by atoms with van der Waals surface area (Å²) in [5.41, 5.74) is 3.72. The molecule has 35 heavy (non-hydrogen) atoms. The number of aryl methyl sites for hydroxylation is 1. The Bertz CT molecular complexity index is 1630. The molecule has 0 fully saturated rings. The fourth-order valence-electron chi connectivity index (χ4n) is 4.01. The Kier molecular flexibility index (Phi) is 5.92. The molecule has 8 nitrogen and oxygen atoms in total. The van der Waals surface area contributed by atoms with Gasteiger partial charge in [0.2, 0.25) is 5.91 Å². The van der Waals surface area contributed by atoms with Crippen molar-refractivity contribution in [2.75, 3.05) is 19.5 Å². The highest BCUT2D eigenvalue weighted by Gasteiger charge is 2.18. The summed E-state index contributed by atoms with van der Waals surface area (Å²) in [6.07, 6.45) is 1.42. The third-order valence-electron chi connectivity index (χ3n) is 5.61. The number of rotatable bonds is 6. The maximum Gasteiger partial charge on any atom is 0.271 e. The van der Waals surface area contributed by atoms with Crippen molar-refractivity contribution in [3.63, 3.8) is 0 Å². The number of carbonyl (C=O) groups is 1. The standard InChI is InChI=1S/C26H22N4O4S/c1-15-11-18(16-7-5-4-6-8-16)22-23-24(35-25(22)28-15)26(32)30(14-27-23)13-21(31)29-17-9-10-19(33-2)20(12-17)34-3/h4-12,14H,13H2,1-3H3,(H,29,31). The molecular weight excluding hydrogens is 464 g/mol. The largest absolute Gasteiger partial charge is 0.493 e. The van der Waals surface area contributed by atoms with E-state index in [-0.39, 0.29) is 18.0 Å². The molecule has 0 aliphatic rings. The summed E-state index contributed by atoms with van der Waals surface area (Å²) in [6.45, 7) is 1.75. The van der Waals surface area contributed by atoms with Gasteiger partial charge < -0.3 is 14.8 Å². The number of hydrogen-bond donors (Lipinski definition) is 1. The van der Waals surface area contributed by atoms with E-state index in [1.807, 2.05) is 43.3 Å². The monoisotopic (exact) mass is 486 g/mol. The SMILES string of the molecule is COc1ccc(NC(=O)Cn2cnc3c(sc4nc(C)cc(-c5ccccc5)c43)c2=O)cc1OC. The van der Waals surface area contributed by atoms with Crippen molar-refractivity contribution >= 4 is 43.4 Å². The summed E-state index contributed by atoms with van der Waals surface area (Å²) in [4.78, 5) is 36.0. The van der Waals surface area contributed by atoms with E-state index >= 15 is 0 Å². The summed E-state index contributed by atoms with van der Waals surface area (Å²) < 4.78 is 12.3. The Balaban J connectivity index is 1.50. The molecule has 9 heteroatoms. The lowest BCUT2D eigenvalue weighted by atomic mass is 10.0. The van der Waals surface area contributed by atoms with Gasteiger partial charge in [-0.15, -0.1) is 11.3 Å². The van der Waals surface area contributed by atoms with Gasteiger partial charge in [0.25, 0.3) is 5.56 Å². The van der Waals surface area contributed by atoms with Crippen LogP contribution in [0.2, 0.25) is 0 Å². The predicted octanol–water partition coefficient (Wildman–Crippen LogP) is 4.64. The van der Waals surface area contributed by atoms with E-state index in [1.54, 1.807) is 25.3 Å². The molecule has 0 unspecified atom stereocenters. The highest BCUT2D eigenvalue weighted by molar-refractivity contribution is 7.25. The second kappa shape index (κ2) is 9.19. The highest BCUT2D eigenvalue weighted by atomic mass is 32.1. The molecule has 0 saturated carbocycles. The first-order valence-corrected chi connectivity index (χ1v) is 11.7. The predicted molar refractivity (Wildman–Crippen MR) is 138 cm³/mol. The van der Waals surface area contributed by atoms with Gasteiger partial charge in [-0.1, -0.05) is 30.3 Å². The lowest BCUT2D eigenvalue weighted by Gasteiger charge is -2.11. The van der Waals surface area contributed by atoms with E-state index in [1.165, 1.54) is 29.3 Å². The van der Waals surface area contributed by atoms with Crippen LogP contribution in [-0.2, 0) is 11.3 Å². The zero-order valence-electron chi connectivity index (χ0n) is 19.4. The summed E-state index contributed by atoms with van der Waals surface area (Å²) in [7, 11) is 3.06. The second-order valence-electron chi connectivity index (χ2n) is 7.93. The van der Waals surface area contributed by atoms with Crippen molar-refractivity contribution in [2.24, 2.45) is 0 Å². The fraction of sp³-hybridized carbons (Fsp3) is 0.154. The lowest BCUT2D eigenvalue weighted by Crippen LogP contribution is -2.27. The Morgan fingerprint density at radius 3 is 2.57 bits per heavy atom. The van der Waals surface area contributed by atoms with Crippen LogP contribution in [0.4, 0.5) is 5.69 Å². The Morgan fingerprint density at radius 2 is 1.83 bits per heavy atom. The van der Waals surface area contributed by atoms with Gasteiger partial charge in [0.15, 0.2) is 11.5 Å². The minimum Gasteiger partial charge on any atom is -0.493 e.